The Kier molecular flexibility index (Phi) is 7.35. The molecule has 0 saturated carbocycles. The molecule has 0 aromatic rings. The quantitative estimate of drug-likeness (QED) is 0.784. The third-order valence-corrected chi connectivity index (χ3v) is 3.22. The average molecular weight is 328 g/mol. The van der Waals surface area contributed by atoms with E-state index in [2.05, 4.69) is 11.9 Å². The van der Waals surface area contributed by atoms with Crippen molar-refractivity contribution in [1.82, 2.24) is 10.2 Å². The van der Waals surface area contributed by atoms with Crippen LogP contribution in [0.4, 0.5) is 9.59 Å². The standard InChI is InChI=1S/C16H28N2O5/c1-6-10-22-13-11-18(15(20)21-7-2)9-8-12(13)17-14(19)23-16(3,4)5/h6,12-13H,1,7-11H2,2-5H3,(H,17,19). The lowest BCUT2D eigenvalue weighted by molar-refractivity contribution is -0.0149. The van der Waals surface area contributed by atoms with Gasteiger partial charge in [-0.05, 0) is 34.1 Å². The first kappa shape index (κ1) is 19.3. The molecule has 1 saturated heterocycles. The normalized spacial score (nSPS) is 21.5. The maximum absolute atomic E-state index is 11.9. The van der Waals surface area contributed by atoms with Crippen molar-refractivity contribution in [3.8, 4) is 0 Å². The first-order valence-electron chi connectivity index (χ1n) is 7.90. The minimum absolute atomic E-state index is 0.226. The Morgan fingerprint density at radius 3 is 2.65 bits per heavy atom. The highest BCUT2D eigenvalue weighted by molar-refractivity contribution is 5.69. The number of carbonyl (C=O) groups is 2. The summed E-state index contributed by atoms with van der Waals surface area (Å²) in [6, 6.07) is -0.226. The van der Waals surface area contributed by atoms with Gasteiger partial charge in [0, 0.05) is 6.54 Å². The summed E-state index contributed by atoms with van der Waals surface area (Å²) in [5.74, 6) is 0. The SMILES string of the molecule is C=CCOC1CN(C(=O)OCC)CCC1NC(=O)OC(C)(C)C. The number of alkyl carbamates (subject to hydrolysis) is 1. The molecule has 0 radical (unpaired) electrons. The Morgan fingerprint density at radius 2 is 2.09 bits per heavy atom. The number of amides is 2. The average Bonchev–Trinajstić information content (AvgIpc) is 2.44. The van der Waals surface area contributed by atoms with Crippen molar-refractivity contribution in [3.05, 3.63) is 12.7 Å². The maximum atomic E-state index is 11.9. The zero-order valence-electron chi connectivity index (χ0n) is 14.5. The number of carbonyl (C=O) groups excluding carboxylic acids is 2. The molecule has 2 unspecified atom stereocenters. The predicted molar refractivity (Wildman–Crippen MR) is 86.3 cm³/mol. The van der Waals surface area contributed by atoms with Crippen molar-refractivity contribution in [2.24, 2.45) is 0 Å². The van der Waals surface area contributed by atoms with Crippen LogP contribution < -0.4 is 5.32 Å². The Bertz CT molecular complexity index is 419. The molecule has 2 atom stereocenters. The number of ether oxygens (including phenoxy) is 3. The van der Waals surface area contributed by atoms with Gasteiger partial charge in [-0.3, -0.25) is 0 Å². The van der Waals surface area contributed by atoms with Gasteiger partial charge in [-0.1, -0.05) is 6.08 Å². The van der Waals surface area contributed by atoms with E-state index < -0.39 is 11.7 Å². The molecule has 7 nitrogen and oxygen atoms in total. The van der Waals surface area contributed by atoms with Crippen LogP contribution >= 0.6 is 0 Å². The lowest BCUT2D eigenvalue weighted by Gasteiger charge is -2.38. The molecule has 0 aromatic heterocycles. The Morgan fingerprint density at radius 1 is 1.39 bits per heavy atom. The summed E-state index contributed by atoms with van der Waals surface area (Å²) in [4.78, 5) is 25.4. The number of nitrogens with one attached hydrogen (secondary N) is 1. The van der Waals surface area contributed by atoms with E-state index in [0.29, 0.717) is 32.7 Å². The highest BCUT2D eigenvalue weighted by atomic mass is 16.6. The van der Waals surface area contributed by atoms with Crippen LogP contribution in [0.15, 0.2) is 12.7 Å². The Labute approximate surface area is 137 Å². The molecule has 0 spiro atoms. The van der Waals surface area contributed by atoms with Crippen molar-refractivity contribution in [1.29, 1.82) is 0 Å². The van der Waals surface area contributed by atoms with Crippen molar-refractivity contribution < 1.29 is 23.8 Å². The van der Waals surface area contributed by atoms with Gasteiger partial charge in [-0.15, -0.1) is 6.58 Å². The summed E-state index contributed by atoms with van der Waals surface area (Å²) in [6.45, 7) is 12.3. The smallest absolute Gasteiger partial charge is 0.409 e. The second-order valence-electron chi connectivity index (χ2n) is 6.35. The van der Waals surface area contributed by atoms with Crippen molar-refractivity contribution in [3.63, 3.8) is 0 Å². The van der Waals surface area contributed by atoms with E-state index in [1.807, 2.05) is 20.8 Å². The largest absolute Gasteiger partial charge is 0.450 e. The molecule has 23 heavy (non-hydrogen) atoms. The molecule has 7 heteroatoms. The monoisotopic (exact) mass is 328 g/mol. The zero-order chi connectivity index (χ0) is 17.5. The van der Waals surface area contributed by atoms with Crippen LogP contribution in [0, 0.1) is 0 Å². The third kappa shape index (κ3) is 6.90. The number of hydrogen-bond acceptors (Lipinski definition) is 5. The fourth-order valence-corrected chi connectivity index (χ4v) is 2.28. The molecule has 1 aliphatic heterocycles. The fraction of sp³-hybridized carbons (Fsp3) is 0.750. The molecular formula is C16H28N2O5. The summed E-state index contributed by atoms with van der Waals surface area (Å²) >= 11 is 0. The third-order valence-electron chi connectivity index (χ3n) is 3.22. The van der Waals surface area contributed by atoms with E-state index in [4.69, 9.17) is 14.2 Å². The molecule has 1 heterocycles. The van der Waals surface area contributed by atoms with Gasteiger partial charge in [0.05, 0.1) is 31.9 Å². The van der Waals surface area contributed by atoms with Gasteiger partial charge in [0.1, 0.15) is 5.60 Å². The summed E-state index contributed by atoms with van der Waals surface area (Å²) < 4.78 is 16.0. The van der Waals surface area contributed by atoms with Gasteiger partial charge >= 0.3 is 12.2 Å². The fourth-order valence-electron chi connectivity index (χ4n) is 2.28. The summed E-state index contributed by atoms with van der Waals surface area (Å²) in [5, 5.41) is 2.83. The van der Waals surface area contributed by atoms with Gasteiger partial charge in [0.2, 0.25) is 0 Å². The minimum Gasteiger partial charge on any atom is -0.450 e. The maximum Gasteiger partial charge on any atom is 0.409 e. The van der Waals surface area contributed by atoms with Crippen LogP contribution in [0.25, 0.3) is 0 Å². The molecule has 2 amide bonds. The lowest BCUT2D eigenvalue weighted by Crippen LogP contribution is -2.56. The molecule has 0 bridgehead atoms. The van der Waals surface area contributed by atoms with Crippen LogP contribution in [0.5, 0.6) is 0 Å². The molecular weight excluding hydrogens is 300 g/mol. The number of piperidine rings is 1. The summed E-state index contributed by atoms with van der Waals surface area (Å²) in [5.41, 5.74) is -0.562. The van der Waals surface area contributed by atoms with Crippen molar-refractivity contribution in [2.45, 2.75) is 51.9 Å². The molecule has 1 fully saturated rings. The topological polar surface area (TPSA) is 77.1 Å². The lowest BCUT2D eigenvalue weighted by atomic mass is 10.0. The molecule has 132 valence electrons. The Hall–Kier alpha value is -1.76. The van der Waals surface area contributed by atoms with E-state index in [0.717, 1.165) is 0 Å². The zero-order valence-corrected chi connectivity index (χ0v) is 14.5. The molecule has 0 aliphatic carbocycles. The summed E-state index contributed by atoms with van der Waals surface area (Å²) in [6.07, 6.45) is 1.02. The van der Waals surface area contributed by atoms with Crippen molar-refractivity contribution >= 4 is 12.2 Å². The van der Waals surface area contributed by atoms with E-state index in [-0.39, 0.29) is 18.2 Å². The first-order valence-corrected chi connectivity index (χ1v) is 7.90. The number of nitrogens with zero attached hydrogens (tertiary/aromatic N) is 1. The van der Waals surface area contributed by atoms with Crippen LogP contribution in [0.3, 0.4) is 0 Å². The number of likely N-dealkylation sites (tertiary alicyclic amines) is 1. The van der Waals surface area contributed by atoms with Gasteiger partial charge < -0.3 is 24.4 Å². The van der Waals surface area contributed by atoms with Crippen molar-refractivity contribution in [2.75, 3.05) is 26.3 Å². The van der Waals surface area contributed by atoms with Gasteiger partial charge in [0.15, 0.2) is 0 Å². The van der Waals surface area contributed by atoms with Crippen LogP contribution in [-0.4, -0.2) is 61.1 Å². The first-order chi connectivity index (χ1) is 10.8. The van der Waals surface area contributed by atoms with E-state index >= 15 is 0 Å². The second-order valence-corrected chi connectivity index (χ2v) is 6.35. The molecule has 1 rings (SSSR count). The van der Waals surface area contributed by atoms with Crippen LogP contribution in [-0.2, 0) is 14.2 Å². The molecule has 1 N–H and O–H groups in total. The van der Waals surface area contributed by atoms with Gasteiger partial charge in [-0.25, -0.2) is 9.59 Å². The summed E-state index contributed by atoms with van der Waals surface area (Å²) in [7, 11) is 0. The number of hydrogen-bond donors (Lipinski definition) is 1. The molecule has 0 aromatic carbocycles. The highest BCUT2D eigenvalue weighted by Crippen LogP contribution is 2.17. The second kappa shape index (κ2) is 8.76. The van der Waals surface area contributed by atoms with E-state index in [1.165, 1.54) is 0 Å². The molecule has 1 aliphatic rings. The van der Waals surface area contributed by atoms with Crippen LogP contribution in [0.2, 0.25) is 0 Å². The minimum atomic E-state index is -0.562. The highest BCUT2D eigenvalue weighted by Gasteiger charge is 2.34. The Balaban J connectivity index is 2.65. The van der Waals surface area contributed by atoms with Gasteiger partial charge in [-0.2, -0.15) is 0 Å². The van der Waals surface area contributed by atoms with Crippen LogP contribution in [0.1, 0.15) is 34.1 Å². The van der Waals surface area contributed by atoms with E-state index in [9.17, 15) is 9.59 Å². The van der Waals surface area contributed by atoms with E-state index in [1.54, 1.807) is 17.9 Å². The predicted octanol–water partition coefficient (Wildman–Crippen LogP) is 2.31. The number of rotatable bonds is 5. The van der Waals surface area contributed by atoms with Gasteiger partial charge in [0.25, 0.3) is 0 Å².